The summed E-state index contributed by atoms with van der Waals surface area (Å²) in [5, 5.41) is 8.26. The van der Waals surface area contributed by atoms with Gasteiger partial charge in [-0.3, -0.25) is 4.79 Å². The Bertz CT molecular complexity index is 82.5. The summed E-state index contributed by atoms with van der Waals surface area (Å²) in [5.41, 5.74) is 0. The van der Waals surface area contributed by atoms with Crippen LogP contribution in [0.15, 0.2) is 0 Å². The van der Waals surface area contributed by atoms with Gasteiger partial charge in [0.1, 0.15) is 6.10 Å². The third-order valence-electron chi connectivity index (χ3n) is 0.847. The fraction of sp³-hybridized carbons (Fsp3) is 0.800. The predicted molar refractivity (Wildman–Crippen MR) is 34.9 cm³/mol. The van der Waals surface area contributed by atoms with Gasteiger partial charge >= 0.3 is 0 Å². The van der Waals surface area contributed by atoms with Crippen molar-refractivity contribution in [2.24, 2.45) is 0 Å². The molecule has 0 heterocycles. The first-order valence-corrected chi connectivity index (χ1v) is 3.04. The lowest BCUT2D eigenvalue weighted by atomic mass is 10.2. The Kier molecular flexibility index (Phi) is 3.91. The van der Waals surface area contributed by atoms with Gasteiger partial charge in [0, 0.05) is 0 Å². The molecule has 0 amide bonds. The van der Waals surface area contributed by atoms with Crippen LogP contribution < -0.4 is 0 Å². The van der Waals surface area contributed by atoms with E-state index in [-0.39, 0.29) is 0 Å². The molecule has 0 saturated carbocycles. The second kappa shape index (κ2) is 3.92. The van der Waals surface area contributed by atoms with Crippen molar-refractivity contribution in [1.82, 2.24) is 0 Å². The van der Waals surface area contributed by atoms with Crippen molar-refractivity contribution in [2.75, 3.05) is 0 Å². The molecule has 0 aromatic heterocycles. The van der Waals surface area contributed by atoms with Gasteiger partial charge in [-0.25, -0.2) is 0 Å². The number of aliphatic hydroxyl groups is 1. The van der Waals surface area contributed by atoms with Crippen molar-refractivity contribution in [3.05, 3.63) is 0 Å². The van der Waals surface area contributed by atoms with Crippen molar-refractivity contribution in [2.45, 2.75) is 25.9 Å². The second-order valence-electron chi connectivity index (χ2n) is 1.64. The van der Waals surface area contributed by atoms with E-state index in [0.29, 0.717) is 6.42 Å². The number of hydrogen-bond acceptors (Lipinski definition) is 2. The summed E-state index contributed by atoms with van der Waals surface area (Å²) in [6, 6.07) is 0. The van der Waals surface area contributed by atoms with Gasteiger partial charge in [0.05, 0.1) is 0 Å². The van der Waals surface area contributed by atoms with Crippen molar-refractivity contribution in [3.8, 4) is 0 Å². The van der Waals surface area contributed by atoms with Gasteiger partial charge in [0.25, 0.3) is 0 Å². The van der Waals surface area contributed by atoms with Crippen LogP contribution in [0.1, 0.15) is 19.8 Å². The SMILES string of the molecule is CCC[C@@H](O)C(=O)S. The minimum Gasteiger partial charge on any atom is -0.384 e. The van der Waals surface area contributed by atoms with E-state index in [2.05, 4.69) is 12.6 Å². The molecule has 0 aromatic rings. The van der Waals surface area contributed by atoms with Crippen LogP contribution >= 0.6 is 12.6 Å². The molecule has 0 saturated heterocycles. The lowest BCUT2D eigenvalue weighted by Crippen LogP contribution is -2.13. The maximum Gasteiger partial charge on any atom is 0.214 e. The zero-order chi connectivity index (χ0) is 6.57. The lowest BCUT2D eigenvalue weighted by Gasteiger charge is -2.00. The van der Waals surface area contributed by atoms with Gasteiger partial charge in [0.2, 0.25) is 5.12 Å². The van der Waals surface area contributed by atoms with Crippen molar-refractivity contribution < 1.29 is 9.90 Å². The number of carbonyl (C=O) groups is 1. The average Bonchev–Trinajstić information content (AvgIpc) is 1.67. The Balaban J connectivity index is 3.32. The number of carbonyl (C=O) groups excluding carboxylic acids is 1. The highest BCUT2D eigenvalue weighted by molar-refractivity contribution is 7.96. The number of rotatable bonds is 3. The maximum atomic E-state index is 10.1. The number of hydrogen-bond donors (Lipinski definition) is 2. The van der Waals surface area contributed by atoms with Crippen LogP contribution in [0.5, 0.6) is 0 Å². The molecule has 3 heteroatoms. The van der Waals surface area contributed by atoms with Crippen LogP contribution in [0, 0.1) is 0 Å². The Labute approximate surface area is 54.3 Å². The van der Waals surface area contributed by atoms with Crippen LogP contribution in [0.25, 0.3) is 0 Å². The Hall–Kier alpha value is -0.0200. The van der Waals surface area contributed by atoms with Gasteiger partial charge in [-0.2, -0.15) is 0 Å². The minimum absolute atomic E-state index is 0.438. The van der Waals surface area contributed by atoms with Crippen LogP contribution in [-0.4, -0.2) is 16.3 Å². The normalized spacial score (nSPS) is 13.4. The summed E-state index contributed by atoms with van der Waals surface area (Å²) in [6.07, 6.45) is 0.471. The first-order chi connectivity index (χ1) is 3.68. The fourth-order valence-electron chi connectivity index (χ4n) is 0.397. The third-order valence-corrected chi connectivity index (χ3v) is 1.15. The van der Waals surface area contributed by atoms with Gasteiger partial charge in [0.15, 0.2) is 0 Å². The van der Waals surface area contributed by atoms with Gasteiger partial charge in [-0.15, -0.1) is 12.6 Å². The van der Waals surface area contributed by atoms with Crippen LogP contribution in [0.4, 0.5) is 0 Å². The smallest absolute Gasteiger partial charge is 0.214 e. The summed E-state index contributed by atoms with van der Waals surface area (Å²) in [6.45, 7) is 1.90. The molecule has 0 aliphatic carbocycles. The van der Waals surface area contributed by atoms with Gasteiger partial charge in [-0.1, -0.05) is 13.3 Å². The molecule has 0 unspecified atom stereocenters. The Morgan fingerprint density at radius 3 is 2.50 bits per heavy atom. The minimum atomic E-state index is -0.858. The van der Waals surface area contributed by atoms with E-state index in [4.69, 9.17) is 5.11 Å². The first-order valence-electron chi connectivity index (χ1n) is 2.59. The average molecular weight is 134 g/mol. The molecule has 48 valence electrons. The molecule has 0 radical (unpaired) electrons. The van der Waals surface area contributed by atoms with E-state index in [0.717, 1.165) is 6.42 Å². The third kappa shape index (κ3) is 3.04. The number of aliphatic hydroxyl groups excluding tert-OH is 1. The standard InChI is InChI=1S/C5H10O2S/c1-2-3-4(6)5(7)8/h4,6H,2-3H2,1H3,(H,7,8)/t4-/m1/s1. The van der Waals surface area contributed by atoms with Crippen LogP contribution in [0.3, 0.4) is 0 Å². The van der Waals surface area contributed by atoms with E-state index < -0.39 is 11.2 Å². The molecule has 0 fully saturated rings. The van der Waals surface area contributed by atoms with Crippen LogP contribution in [-0.2, 0) is 4.79 Å². The van der Waals surface area contributed by atoms with E-state index in [9.17, 15) is 4.79 Å². The number of thiol groups is 1. The molecule has 8 heavy (non-hydrogen) atoms. The van der Waals surface area contributed by atoms with Crippen molar-refractivity contribution in [3.63, 3.8) is 0 Å². The molecule has 1 atom stereocenters. The largest absolute Gasteiger partial charge is 0.384 e. The summed E-state index contributed by atoms with van der Waals surface area (Å²) in [4.78, 5) is 10.1. The second-order valence-corrected chi connectivity index (χ2v) is 2.08. The molecule has 0 aliphatic rings. The van der Waals surface area contributed by atoms with Crippen molar-refractivity contribution in [1.29, 1.82) is 0 Å². The topological polar surface area (TPSA) is 37.3 Å². The fourth-order valence-corrected chi connectivity index (χ4v) is 0.526. The molecular weight excluding hydrogens is 124 g/mol. The lowest BCUT2D eigenvalue weighted by molar-refractivity contribution is -0.118. The monoisotopic (exact) mass is 134 g/mol. The molecular formula is C5H10O2S. The molecule has 0 bridgehead atoms. The van der Waals surface area contributed by atoms with Crippen molar-refractivity contribution >= 4 is 17.7 Å². The van der Waals surface area contributed by atoms with E-state index in [1.807, 2.05) is 6.92 Å². The molecule has 0 rings (SSSR count). The molecule has 0 aliphatic heterocycles. The summed E-state index contributed by atoms with van der Waals surface area (Å²) in [7, 11) is 0. The molecule has 0 spiro atoms. The van der Waals surface area contributed by atoms with E-state index in [1.165, 1.54) is 0 Å². The van der Waals surface area contributed by atoms with Crippen LogP contribution in [0.2, 0.25) is 0 Å². The summed E-state index contributed by atoms with van der Waals surface area (Å²) in [5.74, 6) is 0. The van der Waals surface area contributed by atoms with E-state index in [1.54, 1.807) is 0 Å². The molecule has 2 nitrogen and oxygen atoms in total. The zero-order valence-electron chi connectivity index (χ0n) is 4.79. The highest BCUT2D eigenvalue weighted by atomic mass is 32.1. The Morgan fingerprint density at radius 2 is 2.38 bits per heavy atom. The zero-order valence-corrected chi connectivity index (χ0v) is 5.69. The Morgan fingerprint density at radius 1 is 1.88 bits per heavy atom. The quantitative estimate of drug-likeness (QED) is 0.555. The van der Waals surface area contributed by atoms with Gasteiger partial charge < -0.3 is 5.11 Å². The highest BCUT2D eigenvalue weighted by Gasteiger charge is 2.07. The van der Waals surface area contributed by atoms with E-state index >= 15 is 0 Å². The summed E-state index contributed by atoms with van der Waals surface area (Å²) < 4.78 is 0. The van der Waals surface area contributed by atoms with Gasteiger partial charge in [-0.05, 0) is 6.42 Å². The first kappa shape index (κ1) is 7.98. The predicted octanol–water partition coefficient (Wildman–Crippen LogP) is 0.604. The molecule has 1 N–H and O–H groups in total. The molecule has 0 aromatic carbocycles. The highest BCUT2D eigenvalue weighted by Crippen LogP contribution is 1.98. The maximum absolute atomic E-state index is 10.1. The summed E-state index contributed by atoms with van der Waals surface area (Å²) >= 11 is 3.44.